The van der Waals surface area contributed by atoms with Gasteiger partial charge in [0, 0.05) is 39.0 Å². The van der Waals surface area contributed by atoms with Gasteiger partial charge in [-0.1, -0.05) is 6.07 Å². The normalized spacial score (nSPS) is 18.0. The number of nitrogens with zero attached hydrogens (tertiary/aromatic N) is 6. The molecule has 1 aliphatic rings. The highest BCUT2D eigenvalue weighted by atomic mass is 16.2. The Morgan fingerprint density at radius 3 is 3.00 bits per heavy atom. The van der Waals surface area contributed by atoms with Crippen molar-refractivity contribution >= 4 is 11.6 Å². The zero-order chi connectivity index (χ0) is 17.2. The van der Waals surface area contributed by atoms with Gasteiger partial charge in [0.15, 0.2) is 5.65 Å². The first kappa shape index (κ1) is 15.8. The predicted molar refractivity (Wildman–Crippen MR) is 92.9 cm³/mol. The molecule has 1 fully saturated rings. The molecule has 1 aliphatic heterocycles. The third-order valence-electron chi connectivity index (χ3n) is 4.83. The van der Waals surface area contributed by atoms with E-state index in [9.17, 15) is 4.79 Å². The van der Waals surface area contributed by atoms with E-state index in [0.717, 1.165) is 49.5 Å². The van der Waals surface area contributed by atoms with E-state index < -0.39 is 0 Å². The van der Waals surface area contributed by atoms with Crippen molar-refractivity contribution in [1.29, 1.82) is 0 Å². The fraction of sp³-hybridized carbons (Fsp3) is 0.444. The van der Waals surface area contributed by atoms with E-state index in [2.05, 4.69) is 15.3 Å². The van der Waals surface area contributed by atoms with Crippen LogP contribution in [0.3, 0.4) is 0 Å². The van der Waals surface area contributed by atoms with Crippen molar-refractivity contribution in [3.05, 3.63) is 48.2 Å². The molecule has 1 saturated heterocycles. The summed E-state index contributed by atoms with van der Waals surface area (Å²) in [5.41, 5.74) is 1.70. The van der Waals surface area contributed by atoms with Gasteiger partial charge < -0.3 is 4.90 Å². The summed E-state index contributed by atoms with van der Waals surface area (Å²) >= 11 is 0. The van der Waals surface area contributed by atoms with Crippen LogP contribution in [-0.2, 0) is 24.7 Å². The van der Waals surface area contributed by atoms with Crippen LogP contribution < -0.4 is 0 Å². The van der Waals surface area contributed by atoms with Crippen LogP contribution in [0.2, 0.25) is 0 Å². The van der Waals surface area contributed by atoms with E-state index in [1.165, 1.54) is 0 Å². The molecule has 130 valence electrons. The van der Waals surface area contributed by atoms with Gasteiger partial charge in [0.05, 0.1) is 12.1 Å². The molecule has 0 aromatic carbocycles. The molecule has 0 spiro atoms. The number of likely N-dealkylation sites (tertiary alicyclic amines) is 1. The van der Waals surface area contributed by atoms with Gasteiger partial charge in [-0.05, 0) is 37.0 Å². The molecule has 0 radical (unpaired) electrons. The van der Waals surface area contributed by atoms with Crippen molar-refractivity contribution in [2.24, 2.45) is 13.0 Å². The van der Waals surface area contributed by atoms with Crippen molar-refractivity contribution < 1.29 is 4.79 Å². The molecule has 3 aromatic rings. The van der Waals surface area contributed by atoms with Crippen molar-refractivity contribution in [2.45, 2.75) is 25.7 Å². The Bertz CT molecular complexity index is 882. The first-order valence-corrected chi connectivity index (χ1v) is 8.74. The molecule has 0 bridgehead atoms. The number of fused-ring (bicyclic) bond motifs is 1. The van der Waals surface area contributed by atoms with Crippen LogP contribution in [0.1, 0.15) is 24.4 Å². The molecule has 1 amide bonds. The number of hydrogen-bond donors (Lipinski definition) is 0. The summed E-state index contributed by atoms with van der Waals surface area (Å²) in [4.78, 5) is 14.6. The molecular weight excluding hydrogens is 316 g/mol. The minimum atomic E-state index is 0.162. The summed E-state index contributed by atoms with van der Waals surface area (Å²) in [6.07, 6.45) is 7.25. The Morgan fingerprint density at radius 2 is 2.16 bits per heavy atom. The monoisotopic (exact) mass is 338 g/mol. The smallest absolute Gasteiger partial charge is 0.228 e. The maximum atomic E-state index is 12.6. The van der Waals surface area contributed by atoms with Crippen LogP contribution in [0.4, 0.5) is 0 Å². The van der Waals surface area contributed by atoms with Gasteiger partial charge in [-0.2, -0.15) is 5.10 Å². The lowest BCUT2D eigenvalue weighted by atomic mass is 9.94. The third-order valence-corrected chi connectivity index (χ3v) is 4.83. The largest absolute Gasteiger partial charge is 0.342 e. The molecule has 0 N–H and O–H groups in total. The first-order chi connectivity index (χ1) is 12.2. The summed E-state index contributed by atoms with van der Waals surface area (Å²) in [6.45, 7) is 1.62. The SMILES string of the molecule is Cn1ccc(CC(=O)N2CCCC(Cc3nnc4ccccn34)C2)n1. The van der Waals surface area contributed by atoms with Crippen LogP contribution in [-0.4, -0.2) is 48.3 Å². The Hall–Kier alpha value is -2.70. The molecule has 25 heavy (non-hydrogen) atoms. The summed E-state index contributed by atoms with van der Waals surface area (Å²) in [5, 5.41) is 12.9. The number of aryl methyl sites for hydroxylation is 1. The lowest BCUT2D eigenvalue weighted by Gasteiger charge is -2.32. The van der Waals surface area contributed by atoms with Crippen molar-refractivity contribution in [2.75, 3.05) is 13.1 Å². The van der Waals surface area contributed by atoms with Crippen LogP contribution in [0.5, 0.6) is 0 Å². The first-order valence-electron chi connectivity index (χ1n) is 8.74. The number of piperidine rings is 1. The molecule has 1 atom stereocenters. The van der Waals surface area contributed by atoms with Crippen molar-refractivity contribution in [1.82, 2.24) is 29.3 Å². The van der Waals surface area contributed by atoms with Gasteiger partial charge in [0.25, 0.3) is 0 Å². The minimum Gasteiger partial charge on any atom is -0.342 e. The number of hydrogen-bond acceptors (Lipinski definition) is 4. The Labute approximate surface area is 146 Å². The van der Waals surface area contributed by atoms with Gasteiger partial charge >= 0.3 is 0 Å². The van der Waals surface area contributed by atoms with Crippen molar-refractivity contribution in [3.8, 4) is 0 Å². The fourth-order valence-corrected chi connectivity index (χ4v) is 3.57. The van der Waals surface area contributed by atoms with Gasteiger partial charge in [-0.3, -0.25) is 13.9 Å². The summed E-state index contributed by atoms with van der Waals surface area (Å²) in [6, 6.07) is 7.82. The number of aromatic nitrogens is 5. The molecule has 0 aliphatic carbocycles. The summed E-state index contributed by atoms with van der Waals surface area (Å²) < 4.78 is 3.77. The predicted octanol–water partition coefficient (Wildman–Crippen LogP) is 1.49. The molecular formula is C18H22N6O. The van der Waals surface area contributed by atoms with E-state index in [1.54, 1.807) is 4.68 Å². The minimum absolute atomic E-state index is 0.162. The zero-order valence-electron chi connectivity index (χ0n) is 14.4. The van der Waals surface area contributed by atoms with Gasteiger partial charge in [-0.25, -0.2) is 0 Å². The van der Waals surface area contributed by atoms with Crippen LogP contribution in [0.25, 0.3) is 5.65 Å². The Kier molecular flexibility index (Phi) is 4.21. The fourth-order valence-electron chi connectivity index (χ4n) is 3.57. The van der Waals surface area contributed by atoms with Crippen LogP contribution >= 0.6 is 0 Å². The highest BCUT2D eigenvalue weighted by molar-refractivity contribution is 5.78. The van der Waals surface area contributed by atoms with E-state index >= 15 is 0 Å². The number of rotatable bonds is 4. The van der Waals surface area contributed by atoms with E-state index in [4.69, 9.17) is 0 Å². The second kappa shape index (κ2) is 6.66. The standard InChI is InChI=1S/C18H22N6O/c1-22-10-7-15(21-22)12-18(25)23-8-4-5-14(13-23)11-17-20-19-16-6-2-3-9-24(16)17/h2-3,6-7,9-10,14H,4-5,8,11-13H2,1H3. The quantitative estimate of drug-likeness (QED) is 0.723. The number of pyridine rings is 1. The van der Waals surface area contributed by atoms with E-state index in [-0.39, 0.29) is 5.91 Å². The topological polar surface area (TPSA) is 68.3 Å². The molecule has 7 heteroatoms. The van der Waals surface area contributed by atoms with Crippen LogP contribution in [0, 0.1) is 5.92 Å². The number of amides is 1. The molecule has 3 aromatic heterocycles. The number of carbonyl (C=O) groups excluding carboxylic acids is 1. The van der Waals surface area contributed by atoms with Crippen LogP contribution in [0.15, 0.2) is 36.7 Å². The highest BCUT2D eigenvalue weighted by Gasteiger charge is 2.25. The Morgan fingerprint density at radius 1 is 1.24 bits per heavy atom. The number of carbonyl (C=O) groups is 1. The van der Waals surface area contributed by atoms with E-state index in [1.807, 2.05) is 53.0 Å². The third kappa shape index (κ3) is 3.40. The van der Waals surface area contributed by atoms with E-state index in [0.29, 0.717) is 12.3 Å². The second-order valence-corrected chi connectivity index (χ2v) is 6.75. The van der Waals surface area contributed by atoms with Gasteiger partial charge in [-0.15, -0.1) is 10.2 Å². The highest BCUT2D eigenvalue weighted by Crippen LogP contribution is 2.21. The molecule has 0 saturated carbocycles. The summed E-state index contributed by atoms with van der Waals surface area (Å²) in [7, 11) is 1.87. The van der Waals surface area contributed by atoms with Crippen molar-refractivity contribution in [3.63, 3.8) is 0 Å². The maximum absolute atomic E-state index is 12.6. The van der Waals surface area contributed by atoms with Gasteiger partial charge in [0.2, 0.25) is 5.91 Å². The Balaban J connectivity index is 1.41. The second-order valence-electron chi connectivity index (χ2n) is 6.75. The molecule has 1 unspecified atom stereocenters. The van der Waals surface area contributed by atoms with Gasteiger partial charge in [0.1, 0.15) is 5.82 Å². The molecule has 7 nitrogen and oxygen atoms in total. The average molecular weight is 338 g/mol. The zero-order valence-corrected chi connectivity index (χ0v) is 14.4. The molecule has 4 heterocycles. The summed E-state index contributed by atoms with van der Waals surface area (Å²) in [5.74, 6) is 1.56. The lowest BCUT2D eigenvalue weighted by molar-refractivity contribution is -0.132. The average Bonchev–Trinajstić information content (AvgIpc) is 3.22. The lowest BCUT2D eigenvalue weighted by Crippen LogP contribution is -2.41. The molecule has 4 rings (SSSR count). The maximum Gasteiger partial charge on any atom is 0.228 e.